The van der Waals surface area contributed by atoms with Crippen LogP contribution in [0.25, 0.3) is 0 Å². The summed E-state index contributed by atoms with van der Waals surface area (Å²) in [5.74, 6) is -2.28. The Bertz CT molecular complexity index is 596. The smallest absolute Gasteiger partial charge is 0.162 e. The fourth-order valence-electron chi connectivity index (χ4n) is 2.00. The predicted octanol–water partition coefficient (Wildman–Crippen LogP) is 3.65. The van der Waals surface area contributed by atoms with Crippen molar-refractivity contribution in [1.29, 1.82) is 0 Å². The van der Waals surface area contributed by atoms with Crippen LogP contribution in [0.15, 0.2) is 36.4 Å². The van der Waals surface area contributed by atoms with E-state index in [0.29, 0.717) is 5.56 Å². The summed E-state index contributed by atoms with van der Waals surface area (Å²) in [6.07, 6.45) is 0.0456. The quantitative estimate of drug-likeness (QED) is 0.900. The van der Waals surface area contributed by atoms with Crippen LogP contribution < -0.4 is 5.73 Å². The monoisotopic (exact) mass is 265 g/mol. The van der Waals surface area contributed by atoms with E-state index in [2.05, 4.69) is 0 Å². The van der Waals surface area contributed by atoms with E-state index in [4.69, 9.17) is 5.73 Å². The molecule has 0 bridgehead atoms. The van der Waals surface area contributed by atoms with Crippen LogP contribution in [-0.4, -0.2) is 0 Å². The Morgan fingerprint density at radius 2 is 1.79 bits per heavy atom. The number of hydrogen-bond donors (Lipinski definition) is 1. The zero-order valence-electron chi connectivity index (χ0n) is 10.5. The van der Waals surface area contributed by atoms with E-state index in [0.717, 1.165) is 11.6 Å². The highest BCUT2D eigenvalue weighted by Crippen LogP contribution is 2.22. The third-order valence-corrected chi connectivity index (χ3v) is 3.02. The van der Waals surface area contributed by atoms with Crippen LogP contribution in [0.4, 0.5) is 13.2 Å². The highest BCUT2D eigenvalue weighted by molar-refractivity contribution is 5.29. The Labute approximate surface area is 109 Å². The van der Waals surface area contributed by atoms with Gasteiger partial charge in [0.1, 0.15) is 5.82 Å². The number of hydrogen-bond acceptors (Lipinski definition) is 1. The standard InChI is InChI=1S/C15H14F3N/c1-9-5-6-12(16)11(7-9)14(19)8-10-3-2-4-13(17)15(10)18/h2-7,14H,8,19H2,1H3. The normalized spacial score (nSPS) is 12.5. The van der Waals surface area contributed by atoms with Crippen molar-refractivity contribution in [3.63, 3.8) is 0 Å². The van der Waals surface area contributed by atoms with Gasteiger partial charge in [-0.05, 0) is 31.0 Å². The maximum atomic E-state index is 13.7. The number of halogens is 3. The lowest BCUT2D eigenvalue weighted by molar-refractivity contribution is 0.492. The maximum Gasteiger partial charge on any atom is 0.162 e. The lowest BCUT2D eigenvalue weighted by Gasteiger charge is -2.14. The van der Waals surface area contributed by atoms with E-state index in [9.17, 15) is 13.2 Å². The molecule has 19 heavy (non-hydrogen) atoms. The highest BCUT2D eigenvalue weighted by Gasteiger charge is 2.16. The number of rotatable bonds is 3. The average Bonchev–Trinajstić information content (AvgIpc) is 2.38. The largest absolute Gasteiger partial charge is 0.324 e. The van der Waals surface area contributed by atoms with Gasteiger partial charge in [0, 0.05) is 11.6 Å². The summed E-state index contributed by atoms with van der Waals surface area (Å²) >= 11 is 0. The minimum atomic E-state index is -0.925. The van der Waals surface area contributed by atoms with E-state index >= 15 is 0 Å². The van der Waals surface area contributed by atoms with Crippen LogP contribution >= 0.6 is 0 Å². The summed E-state index contributed by atoms with van der Waals surface area (Å²) in [6, 6.07) is 7.77. The lowest BCUT2D eigenvalue weighted by Crippen LogP contribution is -2.16. The molecule has 100 valence electrons. The average molecular weight is 265 g/mol. The summed E-state index contributed by atoms with van der Waals surface area (Å²) in [5.41, 5.74) is 7.21. The molecule has 0 radical (unpaired) electrons. The first kappa shape index (κ1) is 13.6. The Kier molecular flexibility index (Phi) is 3.90. The van der Waals surface area contributed by atoms with E-state index < -0.39 is 23.5 Å². The molecule has 4 heteroatoms. The van der Waals surface area contributed by atoms with Crippen LogP contribution in [0.1, 0.15) is 22.7 Å². The Morgan fingerprint density at radius 3 is 2.53 bits per heavy atom. The molecule has 0 amide bonds. The predicted molar refractivity (Wildman–Crippen MR) is 68.1 cm³/mol. The van der Waals surface area contributed by atoms with Crippen molar-refractivity contribution in [1.82, 2.24) is 0 Å². The third kappa shape index (κ3) is 2.96. The van der Waals surface area contributed by atoms with Crippen LogP contribution in [0.5, 0.6) is 0 Å². The summed E-state index contributed by atoms with van der Waals surface area (Å²) in [4.78, 5) is 0. The molecule has 0 aliphatic rings. The summed E-state index contributed by atoms with van der Waals surface area (Å²) in [5, 5.41) is 0. The molecule has 2 aromatic rings. The molecule has 2 N–H and O–H groups in total. The molecule has 0 saturated heterocycles. The van der Waals surface area contributed by atoms with Gasteiger partial charge in [-0.15, -0.1) is 0 Å². The van der Waals surface area contributed by atoms with Gasteiger partial charge in [-0.2, -0.15) is 0 Å². The number of benzene rings is 2. The van der Waals surface area contributed by atoms with Gasteiger partial charge in [0.05, 0.1) is 0 Å². The maximum absolute atomic E-state index is 13.7. The minimum Gasteiger partial charge on any atom is -0.324 e. The van der Waals surface area contributed by atoms with Crippen molar-refractivity contribution in [2.24, 2.45) is 5.73 Å². The van der Waals surface area contributed by atoms with E-state index in [-0.39, 0.29) is 12.0 Å². The van der Waals surface area contributed by atoms with Crippen molar-refractivity contribution in [3.8, 4) is 0 Å². The summed E-state index contributed by atoms with van der Waals surface area (Å²) in [7, 11) is 0. The van der Waals surface area contributed by atoms with Gasteiger partial charge < -0.3 is 5.73 Å². The van der Waals surface area contributed by atoms with Crippen LogP contribution in [0, 0.1) is 24.4 Å². The second-order valence-corrected chi connectivity index (χ2v) is 4.55. The molecular weight excluding hydrogens is 251 g/mol. The SMILES string of the molecule is Cc1ccc(F)c(C(N)Cc2cccc(F)c2F)c1. The van der Waals surface area contributed by atoms with Crippen molar-refractivity contribution in [2.75, 3.05) is 0 Å². The van der Waals surface area contributed by atoms with Gasteiger partial charge in [-0.1, -0.05) is 29.8 Å². The van der Waals surface area contributed by atoms with Gasteiger partial charge in [0.2, 0.25) is 0 Å². The van der Waals surface area contributed by atoms with E-state index in [1.54, 1.807) is 12.1 Å². The molecule has 2 rings (SSSR count). The van der Waals surface area contributed by atoms with Gasteiger partial charge in [0.15, 0.2) is 11.6 Å². The highest BCUT2D eigenvalue weighted by atomic mass is 19.2. The molecule has 2 aromatic carbocycles. The topological polar surface area (TPSA) is 26.0 Å². The second-order valence-electron chi connectivity index (χ2n) is 4.55. The molecule has 0 heterocycles. The molecule has 1 unspecified atom stereocenters. The van der Waals surface area contributed by atoms with Crippen LogP contribution in [0.3, 0.4) is 0 Å². The molecule has 1 nitrogen and oxygen atoms in total. The van der Waals surface area contributed by atoms with E-state index in [1.165, 1.54) is 18.2 Å². The van der Waals surface area contributed by atoms with Crippen molar-refractivity contribution in [2.45, 2.75) is 19.4 Å². The Balaban J connectivity index is 2.28. The molecule has 0 spiro atoms. The zero-order chi connectivity index (χ0) is 14.0. The fourth-order valence-corrected chi connectivity index (χ4v) is 2.00. The molecule has 1 atom stereocenters. The second kappa shape index (κ2) is 5.45. The van der Waals surface area contributed by atoms with Crippen molar-refractivity contribution < 1.29 is 13.2 Å². The first-order valence-corrected chi connectivity index (χ1v) is 5.93. The summed E-state index contributed by atoms with van der Waals surface area (Å²) in [6.45, 7) is 1.82. The Morgan fingerprint density at radius 1 is 1.05 bits per heavy atom. The first-order chi connectivity index (χ1) is 8.99. The molecule has 0 saturated carbocycles. The molecule has 0 aliphatic carbocycles. The van der Waals surface area contributed by atoms with Gasteiger partial charge in [0.25, 0.3) is 0 Å². The fraction of sp³-hybridized carbons (Fsp3) is 0.200. The molecule has 0 aliphatic heterocycles. The van der Waals surface area contributed by atoms with Crippen molar-refractivity contribution >= 4 is 0 Å². The zero-order valence-corrected chi connectivity index (χ0v) is 10.5. The molecule has 0 aromatic heterocycles. The van der Waals surface area contributed by atoms with Crippen molar-refractivity contribution in [3.05, 3.63) is 70.5 Å². The van der Waals surface area contributed by atoms with Crippen LogP contribution in [0.2, 0.25) is 0 Å². The van der Waals surface area contributed by atoms with Gasteiger partial charge in [-0.3, -0.25) is 0 Å². The van der Waals surface area contributed by atoms with Gasteiger partial charge >= 0.3 is 0 Å². The lowest BCUT2D eigenvalue weighted by atomic mass is 9.97. The number of aryl methyl sites for hydroxylation is 1. The minimum absolute atomic E-state index is 0.0456. The Hall–Kier alpha value is -1.81. The molecular formula is C15H14F3N. The van der Waals surface area contributed by atoms with Crippen LogP contribution in [-0.2, 0) is 6.42 Å². The third-order valence-electron chi connectivity index (χ3n) is 3.02. The molecule has 0 fully saturated rings. The number of nitrogens with two attached hydrogens (primary N) is 1. The van der Waals surface area contributed by atoms with E-state index in [1.807, 2.05) is 6.92 Å². The summed E-state index contributed by atoms with van der Waals surface area (Å²) < 4.78 is 40.3. The first-order valence-electron chi connectivity index (χ1n) is 5.93. The van der Waals surface area contributed by atoms with Gasteiger partial charge in [-0.25, -0.2) is 13.2 Å².